The summed E-state index contributed by atoms with van der Waals surface area (Å²) < 4.78 is 38.7. The van der Waals surface area contributed by atoms with E-state index in [1.54, 1.807) is 0 Å². The Morgan fingerprint density at radius 2 is 0.697 bits per heavy atom. The third-order valence-corrected chi connectivity index (χ3v) is 49.3. The quantitative estimate of drug-likeness (QED) is 0.119. The summed E-state index contributed by atoms with van der Waals surface area (Å²) in [5.74, 6) is 0. The second-order valence-corrected chi connectivity index (χ2v) is 41.0. The third-order valence-electron chi connectivity index (χ3n) is 8.06. The number of hydrogen-bond donors (Lipinski definition) is 0. The molecule has 2 nitrogen and oxygen atoms in total. The molecule has 0 radical (unpaired) electrons. The Morgan fingerprint density at radius 1 is 0.485 bits per heavy atom. The van der Waals surface area contributed by atoms with Crippen LogP contribution in [0.2, 0.25) is 26.6 Å². The van der Waals surface area contributed by atoms with E-state index in [-0.39, 0.29) is 0 Å². The fourth-order valence-corrected chi connectivity index (χ4v) is 54.7. The Hall–Kier alpha value is 1.03. The molecule has 0 spiro atoms. The standard InChI is InChI=1S/C4H2O2S.6C4H9.2Sn/c5-7(6)3-1-2-4-7;6*1-3-4-2;;/h1-2H;6*1,3-4H2,2H3;;. The first kappa shape index (κ1) is 32.1. The van der Waals surface area contributed by atoms with Crippen LogP contribution in [0.3, 0.4) is 0 Å². The van der Waals surface area contributed by atoms with E-state index < -0.39 is 46.6 Å². The van der Waals surface area contributed by atoms with Crippen molar-refractivity contribution in [1.29, 1.82) is 0 Å². The molecule has 5 heteroatoms. The molecule has 194 valence electrons. The van der Waals surface area contributed by atoms with Crippen LogP contribution in [-0.2, 0) is 9.84 Å². The van der Waals surface area contributed by atoms with Crippen LogP contribution in [0.4, 0.5) is 0 Å². The molecule has 1 rings (SSSR count). The maximum atomic E-state index is 14.5. The van der Waals surface area contributed by atoms with Crippen LogP contribution in [0.25, 0.3) is 0 Å². The van der Waals surface area contributed by atoms with Gasteiger partial charge in [0.1, 0.15) is 0 Å². The fraction of sp³-hybridized carbons (Fsp3) is 0.857. The second kappa shape index (κ2) is 16.7. The third kappa shape index (κ3) is 8.82. The van der Waals surface area contributed by atoms with Crippen molar-refractivity contribution in [3.05, 3.63) is 18.0 Å². The Balaban J connectivity index is 3.49. The van der Waals surface area contributed by atoms with Gasteiger partial charge in [-0.3, -0.25) is 0 Å². The summed E-state index contributed by atoms with van der Waals surface area (Å²) in [6, 6.07) is 0. The van der Waals surface area contributed by atoms with Gasteiger partial charge in [-0.25, -0.2) is 0 Å². The predicted octanol–water partition coefficient (Wildman–Crippen LogP) is 9.96. The van der Waals surface area contributed by atoms with Crippen LogP contribution in [0, 0.1) is 0 Å². The van der Waals surface area contributed by atoms with Gasteiger partial charge in [0.25, 0.3) is 0 Å². The molecule has 0 bridgehead atoms. The van der Waals surface area contributed by atoms with Gasteiger partial charge in [0.15, 0.2) is 0 Å². The Bertz CT molecular complexity index is 612. The van der Waals surface area contributed by atoms with E-state index >= 15 is 0 Å². The van der Waals surface area contributed by atoms with Crippen molar-refractivity contribution in [2.75, 3.05) is 0 Å². The molecule has 0 atom stereocenters. The summed E-state index contributed by atoms with van der Waals surface area (Å²) in [6.07, 6.45) is 18.9. The molecule has 0 aromatic carbocycles. The summed E-state index contributed by atoms with van der Waals surface area (Å²) in [4.78, 5) is 0. The van der Waals surface area contributed by atoms with E-state index in [1.165, 1.54) is 104 Å². The summed E-state index contributed by atoms with van der Waals surface area (Å²) in [5, 5.41) is 0. The zero-order valence-corrected chi connectivity index (χ0v) is 29.6. The van der Waals surface area contributed by atoms with Crippen molar-refractivity contribution in [2.24, 2.45) is 0 Å². The molecule has 0 aliphatic carbocycles. The molecule has 1 heterocycles. The van der Waals surface area contributed by atoms with Gasteiger partial charge in [-0.05, 0) is 0 Å². The molecule has 1 aliphatic heterocycles. The van der Waals surface area contributed by atoms with Crippen LogP contribution >= 0.6 is 0 Å². The van der Waals surface area contributed by atoms with Gasteiger partial charge in [-0.2, -0.15) is 0 Å². The summed E-state index contributed by atoms with van der Waals surface area (Å²) in [7, 11) is -3.22. The normalized spacial score (nSPS) is 16.2. The average molecular weight is 694 g/mol. The van der Waals surface area contributed by atoms with Crippen LogP contribution in [0.1, 0.15) is 119 Å². The first-order valence-electron chi connectivity index (χ1n) is 14.5. The number of allylic oxidation sites excluding steroid dienone is 2. The van der Waals surface area contributed by atoms with E-state index in [2.05, 4.69) is 53.7 Å². The minimum atomic E-state index is -3.22. The van der Waals surface area contributed by atoms with Crippen molar-refractivity contribution in [2.45, 2.75) is 145 Å². The molecular formula is C28H56O2SSn2. The van der Waals surface area contributed by atoms with E-state index in [4.69, 9.17) is 0 Å². The van der Waals surface area contributed by atoms with Crippen LogP contribution < -0.4 is 0 Å². The van der Waals surface area contributed by atoms with Crippen LogP contribution in [0.5, 0.6) is 0 Å². The van der Waals surface area contributed by atoms with Crippen molar-refractivity contribution in [3.8, 4) is 0 Å². The topological polar surface area (TPSA) is 34.1 Å². The number of sulfone groups is 1. The molecule has 1 aliphatic rings. The Morgan fingerprint density at radius 3 is 0.879 bits per heavy atom. The van der Waals surface area contributed by atoms with Crippen molar-refractivity contribution in [3.63, 3.8) is 0 Å². The van der Waals surface area contributed by atoms with Crippen molar-refractivity contribution < 1.29 is 8.42 Å². The summed E-state index contributed by atoms with van der Waals surface area (Å²) in [5.41, 5.74) is 0. The van der Waals surface area contributed by atoms with Gasteiger partial charge in [-0.15, -0.1) is 0 Å². The Labute approximate surface area is 216 Å². The van der Waals surface area contributed by atoms with E-state index in [0.29, 0.717) is 0 Å². The SMILES string of the molecule is CCC[CH2][Sn]([CH2]CCC)([CH2]CCC)[C]1=CC=[C]([Sn]([CH2]CCC)([CH2]CCC)[CH2]CCC)S1(=O)=O. The average Bonchev–Trinajstić information content (AvgIpc) is 3.14. The first-order chi connectivity index (χ1) is 15.8. The van der Waals surface area contributed by atoms with E-state index in [0.717, 1.165) is 5.84 Å². The molecule has 0 unspecified atom stereocenters. The molecule has 0 fully saturated rings. The van der Waals surface area contributed by atoms with Crippen LogP contribution in [-0.4, -0.2) is 45.2 Å². The maximum absolute atomic E-state index is 14.5. The fourth-order valence-electron chi connectivity index (χ4n) is 5.95. The molecule has 0 N–H and O–H groups in total. The van der Waals surface area contributed by atoms with Crippen molar-refractivity contribution >= 4 is 46.6 Å². The minimum absolute atomic E-state index is 1.05. The predicted molar refractivity (Wildman–Crippen MR) is 155 cm³/mol. The molecule has 0 aromatic rings. The monoisotopic (exact) mass is 696 g/mol. The number of hydrogen-bond acceptors (Lipinski definition) is 2. The Kier molecular flexibility index (Phi) is 16.2. The van der Waals surface area contributed by atoms with Gasteiger partial charge < -0.3 is 0 Å². The van der Waals surface area contributed by atoms with Gasteiger partial charge in [0, 0.05) is 0 Å². The molecule has 0 saturated carbocycles. The zero-order valence-electron chi connectivity index (χ0n) is 23.1. The molecule has 0 saturated heterocycles. The summed E-state index contributed by atoms with van der Waals surface area (Å²) in [6.45, 7) is 13.7. The molecular weight excluding hydrogens is 638 g/mol. The van der Waals surface area contributed by atoms with E-state index in [1.807, 2.05) is 0 Å². The van der Waals surface area contributed by atoms with Crippen LogP contribution in [0.15, 0.2) is 18.0 Å². The number of rotatable bonds is 20. The number of unbranched alkanes of at least 4 members (excludes halogenated alkanes) is 6. The van der Waals surface area contributed by atoms with Gasteiger partial charge in [0.2, 0.25) is 0 Å². The van der Waals surface area contributed by atoms with Gasteiger partial charge >= 0.3 is 218 Å². The van der Waals surface area contributed by atoms with E-state index in [9.17, 15) is 8.42 Å². The van der Waals surface area contributed by atoms with Gasteiger partial charge in [-0.1, -0.05) is 0 Å². The zero-order chi connectivity index (χ0) is 24.8. The second-order valence-electron chi connectivity index (χ2n) is 10.7. The first-order valence-corrected chi connectivity index (χ1v) is 31.0. The molecule has 33 heavy (non-hydrogen) atoms. The molecule has 0 aromatic heterocycles. The summed E-state index contributed by atoms with van der Waals surface area (Å²) >= 11 is -5.96. The van der Waals surface area contributed by atoms with Crippen molar-refractivity contribution in [1.82, 2.24) is 0 Å². The van der Waals surface area contributed by atoms with Gasteiger partial charge in [0.05, 0.1) is 0 Å². The molecule has 0 amide bonds.